The molecule has 1 N–H and O–H groups in total. The minimum absolute atomic E-state index is 0.0492. The number of carbonyl (C=O) groups is 1. The Morgan fingerprint density at radius 2 is 1.75 bits per heavy atom. The summed E-state index contributed by atoms with van der Waals surface area (Å²) in [4.78, 5) is 17.9. The minimum Gasteiger partial charge on any atom is -0.358 e. The molecular weight excluding hydrogens is 328 g/mol. The standard InChI is InChI=1S/C16H22N4O3S/c1-12-15(13-6-4-5-7-14(13)17-12)16(21)19-8-10-20(11-9-19)24(22,23)18(2)3/h4-7,17H,8-11H2,1-3H3. The number of H-pyrrole nitrogens is 1. The molecule has 1 fully saturated rings. The molecular formula is C16H22N4O3S. The summed E-state index contributed by atoms with van der Waals surface area (Å²) in [5.41, 5.74) is 2.45. The highest BCUT2D eigenvalue weighted by Gasteiger charge is 2.31. The largest absolute Gasteiger partial charge is 0.358 e. The first-order valence-corrected chi connectivity index (χ1v) is 9.26. The SMILES string of the molecule is Cc1[nH]c2ccccc2c1C(=O)N1CCN(S(=O)(=O)N(C)C)CC1. The number of hydrogen-bond donors (Lipinski definition) is 1. The van der Waals surface area contributed by atoms with E-state index in [2.05, 4.69) is 4.98 Å². The lowest BCUT2D eigenvalue weighted by Gasteiger charge is -2.35. The number of aromatic nitrogens is 1. The number of aromatic amines is 1. The van der Waals surface area contributed by atoms with Crippen LogP contribution in [0.25, 0.3) is 10.9 Å². The van der Waals surface area contributed by atoms with Crippen molar-refractivity contribution in [3.05, 3.63) is 35.5 Å². The van der Waals surface area contributed by atoms with Crippen LogP contribution in [-0.2, 0) is 10.2 Å². The van der Waals surface area contributed by atoms with Crippen LogP contribution >= 0.6 is 0 Å². The zero-order chi connectivity index (χ0) is 17.5. The number of aryl methyl sites for hydroxylation is 1. The molecule has 130 valence electrons. The average Bonchev–Trinajstić information content (AvgIpc) is 2.90. The summed E-state index contributed by atoms with van der Waals surface area (Å²) in [7, 11) is -0.391. The molecule has 2 aromatic rings. The van der Waals surface area contributed by atoms with Crippen molar-refractivity contribution in [2.45, 2.75) is 6.92 Å². The van der Waals surface area contributed by atoms with Crippen molar-refractivity contribution in [3.8, 4) is 0 Å². The summed E-state index contributed by atoms with van der Waals surface area (Å²) >= 11 is 0. The van der Waals surface area contributed by atoms with E-state index in [9.17, 15) is 13.2 Å². The lowest BCUT2D eigenvalue weighted by molar-refractivity contribution is 0.0696. The third-order valence-electron chi connectivity index (χ3n) is 4.42. The van der Waals surface area contributed by atoms with E-state index in [0.29, 0.717) is 31.7 Å². The maximum Gasteiger partial charge on any atom is 0.281 e. The summed E-state index contributed by atoms with van der Waals surface area (Å²) in [5.74, 6) is -0.0492. The Balaban J connectivity index is 1.79. The lowest BCUT2D eigenvalue weighted by Crippen LogP contribution is -2.53. The highest BCUT2D eigenvalue weighted by molar-refractivity contribution is 7.86. The molecule has 1 aliphatic rings. The van der Waals surface area contributed by atoms with Gasteiger partial charge in [0.05, 0.1) is 5.56 Å². The molecule has 0 unspecified atom stereocenters. The molecule has 1 aromatic heterocycles. The monoisotopic (exact) mass is 350 g/mol. The van der Waals surface area contributed by atoms with Crippen molar-refractivity contribution in [1.82, 2.24) is 18.5 Å². The summed E-state index contributed by atoms with van der Waals surface area (Å²) in [6.45, 7) is 3.30. The maximum absolute atomic E-state index is 12.9. The van der Waals surface area contributed by atoms with Crippen LogP contribution in [0.3, 0.4) is 0 Å². The van der Waals surface area contributed by atoms with Crippen LogP contribution in [-0.4, -0.2) is 73.1 Å². The van der Waals surface area contributed by atoms with Gasteiger partial charge in [-0.15, -0.1) is 0 Å². The smallest absolute Gasteiger partial charge is 0.281 e. The topological polar surface area (TPSA) is 76.7 Å². The second kappa shape index (κ2) is 6.19. The zero-order valence-electron chi connectivity index (χ0n) is 14.1. The molecule has 0 saturated carbocycles. The number of carbonyl (C=O) groups excluding carboxylic acids is 1. The predicted molar refractivity (Wildman–Crippen MR) is 93.1 cm³/mol. The number of fused-ring (bicyclic) bond motifs is 1. The van der Waals surface area contributed by atoms with E-state index >= 15 is 0 Å². The number of hydrogen-bond acceptors (Lipinski definition) is 3. The van der Waals surface area contributed by atoms with Crippen LogP contribution < -0.4 is 0 Å². The van der Waals surface area contributed by atoms with Gasteiger partial charge in [0.25, 0.3) is 16.1 Å². The number of nitrogens with zero attached hydrogens (tertiary/aromatic N) is 3. The van der Waals surface area contributed by atoms with E-state index in [-0.39, 0.29) is 5.91 Å². The van der Waals surface area contributed by atoms with Gasteiger partial charge in [-0.3, -0.25) is 4.79 Å². The van der Waals surface area contributed by atoms with Crippen molar-refractivity contribution in [2.24, 2.45) is 0 Å². The molecule has 1 aliphatic heterocycles. The molecule has 8 heteroatoms. The van der Waals surface area contributed by atoms with Gasteiger partial charge in [0.15, 0.2) is 0 Å². The lowest BCUT2D eigenvalue weighted by atomic mass is 10.1. The fourth-order valence-electron chi connectivity index (χ4n) is 3.06. The highest BCUT2D eigenvalue weighted by Crippen LogP contribution is 2.24. The Labute approximate surface area is 142 Å². The molecule has 1 saturated heterocycles. The van der Waals surface area contributed by atoms with Crippen LogP contribution in [0.4, 0.5) is 0 Å². The van der Waals surface area contributed by atoms with Crippen molar-refractivity contribution in [3.63, 3.8) is 0 Å². The maximum atomic E-state index is 12.9. The Morgan fingerprint density at radius 1 is 1.12 bits per heavy atom. The number of benzene rings is 1. The van der Waals surface area contributed by atoms with Gasteiger partial charge in [0.1, 0.15) is 0 Å². The van der Waals surface area contributed by atoms with Gasteiger partial charge >= 0.3 is 0 Å². The molecule has 0 atom stereocenters. The van der Waals surface area contributed by atoms with Gasteiger partial charge in [-0.25, -0.2) is 0 Å². The number of piperazine rings is 1. The third-order valence-corrected chi connectivity index (χ3v) is 6.36. The normalized spacial score (nSPS) is 16.9. The summed E-state index contributed by atoms with van der Waals surface area (Å²) < 4.78 is 26.9. The van der Waals surface area contributed by atoms with Gasteiger partial charge in [-0.2, -0.15) is 17.0 Å². The summed E-state index contributed by atoms with van der Waals surface area (Å²) in [6, 6.07) is 7.71. The van der Waals surface area contributed by atoms with Gasteiger partial charge < -0.3 is 9.88 Å². The summed E-state index contributed by atoms with van der Waals surface area (Å²) in [5, 5.41) is 0.906. The second-order valence-corrected chi connectivity index (χ2v) is 8.29. The number of nitrogens with one attached hydrogen (secondary N) is 1. The fourth-order valence-corrected chi connectivity index (χ4v) is 4.15. The first-order chi connectivity index (χ1) is 11.3. The predicted octanol–water partition coefficient (Wildman–Crippen LogP) is 1.04. The Kier molecular flexibility index (Phi) is 4.37. The molecule has 0 spiro atoms. The van der Waals surface area contributed by atoms with Crippen LogP contribution in [0, 0.1) is 6.92 Å². The Hall–Kier alpha value is -1.90. The van der Waals surface area contributed by atoms with Crippen LogP contribution in [0.15, 0.2) is 24.3 Å². The molecule has 1 amide bonds. The van der Waals surface area contributed by atoms with Crippen molar-refractivity contribution >= 4 is 27.0 Å². The van der Waals surface area contributed by atoms with Gasteiger partial charge in [-0.05, 0) is 13.0 Å². The molecule has 0 bridgehead atoms. The molecule has 0 radical (unpaired) electrons. The molecule has 24 heavy (non-hydrogen) atoms. The number of amides is 1. The van der Waals surface area contributed by atoms with Crippen LogP contribution in [0.1, 0.15) is 16.1 Å². The minimum atomic E-state index is -3.42. The number of rotatable bonds is 3. The first-order valence-electron chi connectivity index (χ1n) is 7.86. The first kappa shape index (κ1) is 16.9. The van der Waals surface area contributed by atoms with Gasteiger partial charge in [-0.1, -0.05) is 18.2 Å². The quantitative estimate of drug-likeness (QED) is 0.899. The van der Waals surface area contributed by atoms with E-state index in [4.69, 9.17) is 0 Å². The molecule has 1 aromatic carbocycles. The van der Waals surface area contributed by atoms with Crippen molar-refractivity contribution in [1.29, 1.82) is 0 Å². The molecule has 0 aliphatic carbocycles. The molecule has 2 heterocycles. The van der Waals surface area contributed by atoms with Crippen molar-refractivity contribution in [2.75, 3.05) is 40.3 Å². The second-order valence-electron chi connectivity index (χ2n) is 6.15. The third kappa shape index (κ3) is 2.81. The molecule has 3 rings (SSSR count). The van der Waals surface area contributed by atoms with E-state index in [1.165, 1.54) is 22.7 Å². The van der Waals surface area contributed by atoms with E-state index in [1.807, 2.05) is 31.2 Å². The van der Waals surface area contributed by atoms with E-state index in [1.54, 1.807) is 4.90 Å². The van der Waals surface area contributed by atoms with E-state index in [0.717, 1.165) is 16.6 Å². The van der Waals surface area contributed by atoms with Crippen molar-refractivity contribution < 1.29 is 13.2 Å². The Morgan fingerprint density at radius 3 is 2.38 bits per heavy atom. The van der Waals surface area contributed by atoms with Crippen LogP contribution in [0.5, 0.6) is 0 Å². The van der Waals surface area contributed by atoms with Crippen LogP contribution in [0.2, 0.25) is 0 Å². The molecule has 7 nitrogen and oxygen atoms in total. The van der Waals surface area contributed by atoms with Gasteiger partial charge in [0, 0.05) is 56.9 Å². The number of para-hydroxylation sites is 1. The summed E-state index contributed by atoms with van der Waals surface area (Å²) in [6.07, 6.45) is 0. The highest BCUT2D eigenvalue weighted by atomic mass is 32.2. The van der Waals surface area contributed by atoms with E-state index < -0.39 is 10.2 Å². The average molecular weight is 350 g/mol. The zero-order valence-corrected chi connectivity index (χ0v) is 14.9. The fraction of sp³-hybridized carbons (Fsp3) is 0.438. The van der Waals surface area contributed by atoms with Gasteiger partial charge in [0.2, 0.25) is 0 Å². The Bertz CT molecular complexity index is 865.